The molecule has 0 saturated carbocycles. The van der Waals surface area contributed by atoms with Crippen LogP contribution >= 0.6 is 0 Å². The fourth-order valence-electron chi connectivity index (χ4n) is 2.35. The maximum Gasteiger partial charge on any atom is 0.228 e. The molecule has 0 unspecified atom stereocenters. The zero-order valence-corrected chi connectivity index (χ0v) is 11.5. The van der Waals surface area contributed by atoms with Gasteiger partial charge in [-0.1, -0.05) is 19.1 Å². The van der Waals surface area contributed by atoms with Crippen molar-refractivity contribution in [2.24, 2.45) is 0 Å². The number of aryl methyl sites for hydroxylation is 1. The summed E-state index contributed by atoms with van der Waals surface area (Å²) in [7, 11) is 0. The Morgan fingerprint density at radius 3 is 2.56 bits per heavy atom. The fourth-order valence-corrected chi connectivity index (χ4v) is 2.35. The zero-order chi connectivity index (χ0) is 13.2. The molecule has 3 heteroatoms. The molecule has 0 aliphatic carbocycles. The Morgan fingerprint density at radius 1 is 1.28 bits per heavy atom. The van der Waals surface area contributed by atoms with Gasteiger partial charge in [0, 0.05) is 30.7 Å². The molecule has 1 aliphatic heterocycles. The highest BCUT2D eigenvalue weighted by Crippen LogP contribution is 2.21. The summed E-state index contributed by atoms with van der Waals surface area (Å²) in [6.45, 7) is 7.88. The lowest BCUT2D eigenvalue weighted by atomic mass is 10.0. The van der Waals surface area contributed by atoms with Gasteiger partial charge < -0.3 is 10.2 Å². The maximum absolute atomic E-state index is 12.3. The van der Waals surface area contributed by atoms with Gasteiger partial charge in [0.15, 0.2) is 0 Å². The molecule has 98 valence electrons. The van der Waals surface area contributed by atoms with Crippen molar-refractivity contribution in [3.8, 4) is 0 Å². The number of benzene rings is 1. The number of amides is 1. The van der Waals surface area contributed by atoms with Gasteiger partial charge in [-0.3, -0.25) is 4.79 Å². The average molecular weight is 246 g/mol. The molecule has 0 aromatic heterocycles. The van der Waals surface area contributed by atoms with Crippen LogP contribution in [0.25, 0.3) is 0 Å². The van der Waals surface area contributed by atoms with Gasteiger partial charge in [0.1, 0.15) is 0 Å². The summed E-state index contributed by atoms with van der Waals surface area (Å²) >= 11 is 0. The number of hydrogen-bond donors (Lipinski definition) is 1. The van der Waals surface area contributed by atoms with Crippen LogP contribution in [0.2, 0.25) is 0 Å². The predicted octanol–water partition coefficient (Wildman–Crippen LogP) is 2.35. The summed E-state index contributed by atoms with van der Waals surface area (Å²) in [4.78, 5) is 14.2. The van der Waals surface area contributed by atoms with Crippen molar-refractivity contribution >= 4 is 11.6 Å². The van der Waals surface area contributed by atoms with Gasteiger partial charge in [-0.05, 0) is 38.0 Å². The molecule has 1 fully saturated rings. The number of nitrogens with zero attached hydrogens (tertiary/aromatic N) is 1. The summed E-state index contributed by atoms with van der Waals surface area (Å²) < 4.78 is 0. The topological polar surface area (TPSA) is 32.3 Å². The van der Waals surface area contributed by atoms with Crippen LogP contribution in [-0.2, 0) is 11.2 Å². The third-order valence-corrected chi connectivity index (χ3v) is 3.49. The van der Waals surface area contributed by atoms with E-state index in [0.29, 0.717) is 6.42 Å². The summed E-state index contributed by atoms with van der Waals surface area (Å²) in [5.74, 6) is 0.203. The standard InChI is InChI=1S/C15H22N2O/c1-4-12-5-7-13(8-6-12)17-10-9-16-15(2,3)11-14(17)18/h5-8,16H,4,9-11H2,1-3H3. The van der Waals surface area contributed by atoms with Gasteiger partial charge in [0.05, 0.1) is 0 Å². The number of rotatable bonds is 2. The Labute approximate surface area is 109 Å². The number of anilines is 1. The van der Waals surface area contributed by atoms with Crippen LogP contribution in [0.4, 0.5) is 5.69 Å². The molecule has 0 spiro atoms. The SMILES string of the molecule is CCc1ccc(N2CCNC(C)(C)CC2=O)cc1. The van der Waals surface area contributed by atoms with Crippen molar-refractivity contribution in [1.82, 2.24) is 5.32 Å². The second-order valence-corrected chi connectivity index (χ2v) is 5.55. The quantitative estimate of drug-likeness (QED) is 0.868. The van der Waals surface area contributed by atoms with Crippen LogP contribution < -0.4 is 10.2 Å². The first kappa shape index (κ1) is 13.1. The first-order valence-electron chi connectivity index (χ1n) is 6.66. The van der Waals surface area contributed by atoms with Crippen LogP contribution in [0.5, 0.6) is 0 Å². The second-order valence-electron chi connectivity index (χ2n) is 5.55. The number of hydrogen-bond acceptors (Lipinski definition) is 2. The van der Waals surface area contributed by atoms with Crippen molar-refractivity contribution in [3.63, 3.8) is 0 Å². The minimum atomic E-state index is -0.102. The van der Waals surface area contributed by atoms with E-state index in [9.17, 15) is 4.79 Å². The second kappa shape index (κ2) is 5.11. The van der Waals surface area contributed by atoms with Gasteiger partial charge in [-0.15, -0.1) is 0 Å². The Kier molecular flexibility index (Phi) is 3.71. The largest absolute Gasteiger partial charge is 0.311 e. The molecule has 2 rings (SSSR count). The molecule has 0 atom stereocenters. The Hall–Kier alpha value is -1.35. The van der Waals surface area contributed by atoms with Gasteiger partial charge in [-0.25, -0.2) is 0 Å². The molecule has 1 saturated heterocycles. The van der Waals surface area contributed by atoms with E-state index in [4.69, 9.17) is 0 Å². The van der Waals surface area contributed by atoms with E-state index in [1.807, 2.05) is 4.90 Å². The number of carbonyl (C=O) groups excluding carboxylic acids is 1. The third-order valence-electron chi connectivity index (χ3n) is 3.49. The van der Waals surface area contributed by atoms with Gasteiger partial charge in [-0.2, -0.15) is 0 Å². The molecule has 1 N–H and O–H groups in total. The van der Waals surface area contributed by atoms with E-state index in [1.54, 1.807) is 0 Å². The van der Waals surface area contributed by atoms with Crippen LogP contribution in [-0.4, -0.2) is 24.5 Å². The van der Waals surface area contributed by atoms with E-state index in [1.165, 1.54) is 5.56 Å². The van der Waals surface area contributed by atoms with Crippen molar-refractivity contribution in [2.45, 2.75) is 39.2 Å². The van der Waals surface area contributed by atoms with Crippen molar-refractivity contribution < 1.29 is 4.79 Å². The molecule has 1 amide bonds. The molecule has 3 nitrogen and oxygen atoms in total. The van der Waals surface area contributed by atoms with Gasteiger partial charge in [0.25, 0.3) is 0 Å². The monoisotopic (exact) mass is 246 g/mol. The molecule has 1 heterocycles. The Bertz CT molecular complexity index is 423. The number of carbonyl (C=O) groups is 1. The smallest absolute Gasteiger partial charge is 0.228 e. The summed E-state index contributed by atoms with van der Waals surface area (Å²) in [5.41, 5.74) is 2.21. The molecule has 0 radical (unpaired) electrons. The van der Waals surface area contributed by atoms with E-state index >= 15 is 0 Å². The first-order valence-corrected chi connectivity index (χ1v) is 6.66. The summed E-state index contributed by atoms with van der Waals surface area (Å²) in [6.07, 6.45) is 1.57. The highest BCUT2D eigenvalue weighted by Gasteiger charge is 2.28. The average Bonchev–Trinajstić information content (AvgIpc) is 2.47. The van der Waals surface area contributed by atoms with Crippen LogP contribution in [0.15, 0.2) is 24.3 Å². The van der Waals surface area contributed by atoms with Gasteiger partial charge in [0.2, 0.25) is 5.91 Å². The molecule has 1 aromatic carbocycles. The molecular weight excluding hydrogens is 224 g/mol. The maximum atomic E-state index is 12.3. The summed E-state index contributed by atoms with van der Waals surface area (Å²) in [5, 5.41) is 3.41. The van der Waals surface area contributed by atoms with Crippen molar-refractivity contribution in [2.75, 3.05) is 18.0 Å². The minimum Gasteiger partial charge on any atom is -0.311 e. The van der Waals surface area contributed by atoms with E-state index in [-0.39, 0.29) is 11.4 Å². The lowest BCUT2D eigenvalue weighted by molar-refractivity contribution is -0.119. The normalized spacial score (nSPS) is 19.7. The van der Waals surface area contributed by atoms with Crippen LogP contribution in [0, 0.1) is 0 Å². The van der Waals surface area contributed by atoms with Crippen LogP contribution in [0.3, 0.4) is 0 Å². The molecule has 1 aliphatic rings. The highest BCUT2D eigenvalue weighted by molar-refractivity contribution is 5.94. The molecule has 0 bridgehead atoms. The molecular formula is C15H22N2O. The van der Waals surface area contributed by atoms with E-state index in [2.05, 4.69) is 50.4 Å². The van der Waals surface area contributed by atoms with E-state index < -0.39 is 0 Å². The zero-order valence-electron chi connectivity index (χ0n) is 11.5. The third kappa shape index (κ3) is 2.91. The van der Waals surface area contributed by atoms with Gasteiger partial charge >= 0.3 is 0 Å². The molecule has 18 heavy (non-hydrogen) atoms. The van der Waals surface area contributed by atoms with E-state index in [0.717, 1.165) is 25.2 Å². The first-order chi connectivity index (χ1) is 8.52. The van der Waals surface area contributed by atoms with Crippen molar-refractivity contribution in [1.29, 1.82) is 0 Å². The number of nitrogens with one attached hydrogen (secondary N) is 1. The lowest BCUT2D eigenvalue weighted by Gasteiger charge is -2.23. The Balaban J connectivity index is 2.18. The van der Waals surface area contributed by atoms with Crippen molar-refractivity contribution in [3.05, 3.63) is 29.8 Å². The highest BCUT2D eigenvalue weighted by atomic mass is 16.2. The lowest BCUT2D eigenvalue weighted by Crippen LogP contribution is -2.39. The summed E-state index contributed by atoms with van der Waals surface area (Å²) in [6, 6.07) is 8.31. The van der Waals surface area contributed by atoms with Crippen LogP contribution in [0.1, 0.15) is 32.8 Å². The predicted molar refractivity (Wildman–Crippen MR) is 74.9 cm³/mol. The minimum absolute atomic E-state index is 0.102. The molecule has 1 aromatic rings. The Morgan fingerprint density at radius 2 is 1.94 bits per heavy atom. The fraction of sp³-hybridized carbons (Fsp3) is 0.533.